The normalized spacial score (nSPS) is 18.8. The number of amides is 2. The van der Waals surface area contributed by atoms with Gasteiger partial charge in [-0.1, -0.05) is 12.1 Å². The minimum absolute atomic E-state index is 0.305. The van der Waals surface area contributed by atoms with Crippen molar-refractivity contribution < 1.29 is 23.9 Å². The highest BCUT2D eigenvalue weighted by Gasteiger charge is 2.27. The van der Waals surface area contributed by atoms with Gasteiger partial charge in [-0.25, -0.2) is 9.18 Å². The summed E-state index contributed by atoms with van der Waals surface area (Å²) in [5.41, 5.74) is 5.04. The minimum Gasteiger partial charge on any atom is -0.486 e. The Morgan fingerprint density at radius 1 is 1.12 bits per heavy atom. The second-order valence-electron chi connectivity index (χ2n) is 5.56. The lowest BCUT2D eigenvalue weighted by atomic mass is 10.2. The van der Waals surface area contributed by atoms with E-state index in [1.165, 1.54) is 24.3 Å². The van der Waals surface area contributed by atoms with Crippen LogP contribution >= 0.6 is 0 Å². The van der Waals surface area contributed by atoms with E-state index in [4.69, 9.17) is 15.2 Å². The number of halogens is 1. The third-order valence-electron chi connectivity index (χ3n) is 3.70. The van der Waals surface area contributed by atoms with Crippen molar-refractivity contribution >= 4 is 6.03 Å². The van der Waals surface area contributed by atoms with Gasteiger partial charge in [0, 0.05) is 12.5 Å². The van der Waals surface area contributed by atoms with Crippen LogP contribution in [0.2, 0.25) is 0 Å². The molecule has 0 aliphatic heterocycles. The molecular weight excluding hydrogens is 327 g/mol. The van der Waals surface area contributed by atoms with E-state index in [1.54, 1.807) is 36.4 Å². The Hall–Kier alpha value is -3.06. The molecule has 1 aliphatic carbocycles. The van der Waals surface area contributed by atoms with Crippen LogP contribution in [0.3, 0.4) is 0 Å². The fraction of sp³-hybridized carbons (Fsp3) is 0.167. The van der Waals surface area contributed by atoms with Gasteiger partial charge in [0.2, 0.25) is 0 Å². The van der Waals surface area contributed by atoms with Crippen LogP contribution < -0.4 is 15.2 Å². The molecule has 2 aromatic carbocycles. The molecule has 2 amide bonds. The highest BCUT2D eigenvalue weighted by molar-refractivity contribution is 5.71. The number of hydroxylamine groups is 2. The van der Waals surface area contributed by atoms with E-state index in [0.29, 0.717) is 28.7 Å². The van der Waals surface area contributed by atoms with Gasteiger partial charge < -0.3 is 15.2 Å². The standard InChI is InChI=1S/C18H17FN2O4/c19-12-4-7-14(8-5-12)24-15-2-1-3-16(11-15)25-17-9-6-13(10-17)21(23)18(20)22/h1-9,11,13,17,23H,10H2,(H2,20,22)/t13-,17?/m1/s1. The van der Waals surface area contributed by atoms with Gasteiger partial charge >= 0.3 is 6.03 Å². The molecule has 130 valence electrons. The molecule has 0 heterocycles. The van der Waals surface area contributed by atoms with Gasteiger partial charge in [-0.15, -0.1) is 0 Å². The zero-order valence-corrected chi connectivity index (χ0v) is 13.2. The monoisotopic (exact) mass is 344 g/mol. The number of hydrogen-bond acceptors (Lipinski definition) is 4. The van der Waals surface area contributed by atoms with Crippen LogP contribution in [0.25, 0.3) is 0 Å². The maximum absolute atomic E-state index is 12.9. The van der Waals surface area contributed by atoms with Crippen molar-refractivity contribution in [1.29, 1.82) is 0 Å². The summed E-state index contributed by atoms with van der Waals surface area (Å²) in [6.45, 7) is 0. The number of urea groups is 1. The molecule has 0 saturated carbocycles. The number of nitrogens with zero attached hydrogens (tertiary/aromatic N) is 1. The zero-order valence-electron chi connectivity index (χ0n) is 13.2. The molecule has 3 N–H and O–H groups in total. The summed E-state index contributed by atoms with van der Waals surface area (Å²) in [7, 11) is 0. The molecule has 0 spiro atoms. The van der Waals surface area contributed by atoms with Crippen LogP contribution in [0, 0.1) is 5.82 Å². The summed E-state index contributed by atoms with van der Waals surface area (Å²) in [4.78, 5) is 11.0. The lowest BCUT2D eigenvalue weighted by molar-refractivity contribution is -0.0645. The number of hydrogen-bond donors (Lipinski definition) is 2. The number of carbonyl (C=O) groups excluding carboxylic acids is 1. The lowest BCUT2D eigenvalue weighted by Gasteiger charge is -2.20. The SMILES string of the molecule is NC(=O)N(O)[C@@H]1C=CC(Oc2cccc(Oc3ccc(F)cc3)c2)C1. The van der Waals surface area contributed by atoms with E-state index in [0.717, 1.165) is 0 Å². The minimum atomic E-state index is -0.912. The molecule has 0 bridgehead atoms. The van der Waals surface area contributed by atoms with Gasteiger partial charge in [0.15, 0.2) is 0 Å². The van der Waals surface area contributed by atoms with Crippen LogP contribution in [0.4, 0.5) is 9.18 Å². The van der Waals surface area contributed by atoms with Crippen molar-refractivity contribution in [2.45, 2.75) is 18.6 Å². The fourth-order valence-electron chi connectivity index (χ4n) is 2.50. The average Bonchev–Trinajstić information content (AvgIpc) is 3.05. The van der Waals surface area contributed by atoms with Gasteiger partial charge in [0.25, 0.3) is 0 Å². The van der Waals surface area contributed by atoms with Crippen LogP contribution in [-0.2, 0) is 0 Å². The first kappa shape index (κ1) is 16.8. The molecule has 1 unspecified atom stereocenters. The van der Waals surface area contributed by atoms with E-state index in [9.17, 15) is 14.4 Å². The molecule has 25 heavy (non-hydrogen) atoms. The summed E-state index contributed by atoms with van der Waals surface area (Å²) in [6.07, 6.45) is 3.50. The smallest absolute Gasteiger partial charge is 0.339 e. The molecule has 1 aliphatic rings. The largest absolute Gasteiger partial charge is 0.486 e. The summed E-state index contributed by atoms with van der Waals surface area (Å²) in [6, 6.07) is 11.3. The number of nitrogens with two attached hydrogens (primary N) is 1. The van der Waals surface area contributed by atoms with Crippen LogP contribution in [-0.4, -0.2) is 28.4 Å². The van der Waals surface area contributed by atoms with Crippen LogP contribution in [0.5, 0.6) is 17.2 Å². The van der Waals surface area contributed by atoms with Crippen LogP contribution in [0.1, 0.15) is 6.42 Å². The molecule has 2 atom stereocenters. The first-order chi connectivity index (χ1) is 12.0. The number of carbonyl (C=O) groups is 1. The Morgan fingerprint density at radius 2 is 1.84 bits per heavy atom. The Balaban J connectivity index is 1.62. The van der Waals surface area contributed by atoms with Crippen molar-refractivity contribution in [2.24, 2.45) is 5.73 Å². The number of ether oxygens (including phenoxy) is 2. The van der Waals surface area contributed by atoms with Gasteiger partial charge in [-0.2, -0.15) is 5.06 Å². The Kier molecular flexibility index (Phi) is 4.85. The maximum Gasteiger partial charge on any atom is 0.339 e. The van der Waals surface area contributed by atoms with Gasteiger partial charge in [0.1, 0.15) is 29.2 Å². The van der Waals surface area contributed by atoms with Crippen molar-refractivity contribution in [3.63, 3.8) is 0 Å². The van der Waals surface area contributed by atoms with Gasteiger partial charge in [0.05, 0.1) is 6.04 Å². The van der Waals surface area contributed by atoms with E-state index in [-0.39, 0.29) is 11.9 Å². The third-order valence-corrected chi connectivity index (χ3v) is 3.70. The predicted molar refractivity (Wildman–Crippen MR) is 88.1 cm³/mol. The summed E-state index contributed by atoms with van der Waals surface area (Å²) >= 11 is 0. The fourth-order valence-corrected chi connectivity index (χ4v) is 2.50. The van der Waals surface area contributed by atoms with Crippen molar-refractivity contribution in [2.75, 3.05) is 0 Å². The summed E-state index contributed by atoms with van der Waals surface area (Å²) in [5, 5.41) is 10.0. The molecule has 6 nitrogen and oxygen atoms in total. The molecule has 0 aromatic heterocycles. The molecular formula is C18H17FN2O4. The molecule has 0 radical (unpaired) electrons. The number of rotatable bonds is 5. The van der Waals surface area contributed by atoms with E-state index in [1.807, 2.05) is 0 Å². The molecule has 0 saturated heterocycles. The Morgan fingerprint density at radius 3 is 2.56 bits per heavy atom. The maximum atomic E-state index is 12.9. The molecule has 3 rings (SSSR count). The second-order valence-corrected chi connectivity index (χ2v) is 5.56. The van der Waals surface area contributed by atoms with Crippen molar-refractivity contribution in [3.05, 3.63) is 66.5 Å². The second kappa shape index (κ2) is 7.23. The molecule has 0 fully saturated rings. The third kappa shape index (κ3) is 4.27. The zero-order chi connectivity index (χ0) is 17.8. The average molecular weight is 344 g/mol. The van der Waals surface area contributed by atoms with E-state index < -0.39 is 12.1 Å². The first-order valence-corrected chi connectivity index (χ1v) is 7.67. The first-order valence-electron chi connectivity index (χ1n) is 7.67. The van der Waals surface area contributed by atoms with Crippen LogP contribution in [0.15, 0.2) is 60.7 Å². The number of primary amides is 1. The highest BCUT2D eigenvalue weighted by atomic mass is 19.1. The Bertz CT molecular complexity index is 779. The van der Waals surface area contributed by atoms with Gasteiger partial charge in [-0.05, 0) is 42.5 Å². The topological polar surface area (TPSA) is 85.0 Å². The highest BCUT2D eigenvalue weighted by Crippen LogP contribution is 2.28. The van der Waals surface area contributed by atoms with E-state index >= 15 is 0 Å². The quantitative estimate of drug-likeness (QED) is 0.494. The Labute approximate surface area is 143 Å². The van der Waals surface area contributed by atoms with E-state index in [2.05, 4.69) is 0 Å². The van der Waals surface area contributed by atoms with Crippen molar-refractivity contribution in [1.82, 2.24) is 5.06 Å². The predicted octanol–water partition coefficient (Wildman–Crippen LogP) is 3.46. The lowest BCUT2D eigenvalue weighted by Crippen LogP contribution is -2.40. The molecule has 7 heteroatoms. The summed E-state index contributed by atoms with van der Waals surface area (Å²) < 4.78 is 24.4. The summed E-state index contributed by atoms with van der Waals surface area (Å²) in [5.74, 6) is 1.29. The van der Waals surface area contributed by atoms with Crippen molar-refractivity contribution in [3.8, 4) is 17.2 Å². The molecule has 2 aromatic rings. The number of benzene rings is 2. The van der Waals surface area contributed by atoms with Gasteiger partial charge in [-0.3, -0.25) is 5.21 Å².